The zero-order valence-electron chi connectivity index (χ0n) is 11.4. The van der Waals surface area contributed by atoms with Crippen LogP contribution >= 0.6 is 0 Å². The van der Waals surface area contributed by atoms with Gasteiger partial charge in [0.1, 0.15) is 5.41 Å². The number of nitriles is 1. The van der Waals surface area contributed by atoms with E-state index < -0.39 is 5.41 Å². The second-order valence-corrected chi connectivity index (χ2v) is 6.06. The normalized spacial score (nSPS) is 25.3. The number of carbonyl (C=O) groups is 1. The highest BCUT2D eigenvalue weighted by atomic mass is 16.2. The Bertz CT molecular complexity index is 333. The smallest absolute Gasteiger partial charge is 0.240 e. The van der Waals surface area contributed by atoms with E-state index in [2.05, 4.69) is 18.3 Å². The van der Waals surface area contributed by atoms with E-state index >= 15 is 0 Å². The maximum Gasteiger partial charge on any atom is 0.240 e. The Kier molecular flexibility index (Phi) is 4.27. The number of rotatable bonds is 3. The van der Waals surface area contributed by atoms with Crippen molar-refractivity contribution in [3.63, 3.8) is 0 Å². The Balaban J connectivity index is 1.95. The molecule has 2 aliphatic rings. The average Bonchev–Trinajstić information content (AvgIpc) is 2.93. The molecule has 2 aliphatic carbocycles. The molecule has 1 atom stereocenters. The molecule has 1 amide bonds. The summed E-state index contributed by atoms with van der Waals surface area (Å²) >= 11 is 0. The van der Waals surface area contributed by atoms with Gasteiger partial charge < -0.3 is 5.32 Å². The first-order valence-corrected chi connectivity index (χ1v) is 7.40. The van der Waals surface area contributed by atoms with Gasteiger partial charge in [0.05, 0.1) is 6.07 Å². The quantitative estimate of drug-likeness (QED) is 0.834. The van der Waals surface area contributed by atoms with E-state index in [1.165, 1.54) is 25.7 Å². The maximum atomic E-state index is 12.4. The van der Waals surface area contributed by atoms with Crippen LogP contribution < -0.4 is 5.32 Å². The molecule has 1 N–H and O–H groups in total. The molecule has 0 aromatic carbocycles. The maximum absolute atomic E-state index is 12.4. The van der Waals surface area contributed by atoms with Crippen LogP contribution in [0.25, 0.3) is 0 Å². The van der Waals surface area contributed by atoms with Crippen molar-refractivity contribution in [1.29, 1.82) is 5.26 Å². The zero-order chi connectivity index (χ0) is 13.0. The van der Waals surface area contributed by atoms with Crippen LogP contribution in [0.15, 0.2) is 0 Å². The van der Waals surface area contributed by atoms with Gasteiger partial charge in [0.15, 0.2) is 0 Å². The molecular formula is C15H24N2O. The number of amides is 1. The van der Waals surface area contributed by atoms with Crippen LogP contribution in [0.3, 0.4) is 0 Å². The van der Waals surface area contributed by atoms with E-state index in [4.69, 9.17) is 0 Å². The van der Waals surface area contributed by atoms with Crippen molar-refractivity contribution in [1.82, 2.24) is 5.32 Å². The second-order valence-electron chi connectivity index (χ2n) is 6.06. The third kappa shape index (κ3) is 2.68. The Hall–Kier alpha value is -1.04. The Morgan fingerprint density at radius 2 is 1.83 bits per heavy atom. The zero-order valence-corrected chi connectivity index (χ0v) is 11.4. The fourth-order valence-electron chi connectivity index (χ4n) is 3.47. The summed E-state index contributed by atoms with van der Waals surface area (Å²) in [6.07, 6.45) is 9.69. The van der Waals surface area contributed by atoms with Crippen LogP contribution in [0.5, 0.6) is 0 Å². The van der Waals surface area contributed by atoms with Gasteiger partial charge in [-0.25, -0.2) is 0 Å². The number of hydrogen-bond acceptors (Lipinski definition) is 2. The molecule has 2 fully saturated rings. The van der Waals surface area contributed by atoms with Crippen LogP contribution in [0.4, 0.5) is 0 Å². The number of hydrogen-bond donors (Lipinski definition) is 1. The minimum atomic E-state index is -0.731. The Morgan fingerprint density at radius 3 is 2.39 bits per heavy atom. The van der Waals surface area contributed by atoms with Gasteiger partial charge in [0.25, 0.3) is 0 Å². The predicted octanol–water partition coefficient (Wildman–Crippen LogP) is 3.16. The van der Waals surface area contributed by atoms with Gasteiger partial charge in [-0.2, -0.15) is 5.26 Å². The van der Waals surface area contributed by atoms with Crippen LogP contribution in [-0.4, -0.2) is 11.9 Å². The van der Waals surface area contributed by atoms with E-state index in [1.807, 2.05) is 0 Å². The van der Waals surface area contributed by atoms with E-state index in [-0.39, 0.29) is 11.9 Å². The average molecular weight is 248 g/mol. The molecule has 3 heteroatoms. The van der Waals surface area contributed by atoms with Gasteiger partial charge in [-0.1, -0.05) is 32.1 Å². The minimum absolute atomic E-state index is 0.0101. The molecule has 0 heterocycles. The van der Waals surface area contributed by atoms with E-state index in [0.717, 1.165) is 32.1 Å². The molecule has 0 aromatic heterocycles. The second kappa shape index (κ2) is 5.73. The molecule has 3 nitrogen and oxygen atoms in total. The van der Waals surface area contributed by atoms with Gasteiger partial charge in [0.2, 0.25) is 5.91 Å². The summed E-state index contributed by atoms with van der Waals surface area (Å²) in [6.45, 7) is 2.10. The predicted molar refractivity (Wildman–Crippen MR) is 70.7 cm³/mol. The summed E-state index contributed by atoms with van der Waals surface area (Å²) in [5.41, 5.74) is -0.731. The van der Waals surface area contributed by atoms with Crippen LogP contribution in [0, 0.1) is 22.7 Å². The topological polar surface area (TPSA) is 52.9 Å². The van der Waals surface area contributed by atoms with Crippen molar-refractivity contribution in [3.8, 4) is 6.07 Å². The molecular weight excluding hydrogens is 224 g/mol. The number of carbonyl (C=O) groups excluding carboxylic acids is 1. The summed E-state index contributed by atoms with van der Waals surface area (Å²) in [5, 5.41) is 12.5. The third-order valence-electron chi connectivity index (χ3n) is 4.82. The first kappa shape index (κ1) is 13.4. The van der Waals surface area contributed by atoms with Gasteiger partial charge >= 0.3 is 0 Å². The molecule has 2 rings (SSSR count). The molecule has 0 saturated heterocycles. The third-order valence-corrected chi connectivity index (χ3v) is 4.82. The minimum Gasteiger partial charge on any atom is -0.352 e. The molecule has 1 unspecified atom stereocenters. The first-order valence-electron chi connectivity index (χ1n) is 7.40. The lowest BCUT2D eigenvalue weighted by molar-refractivity contribution is -0.130. The Labute approximate surface area is 110 Å². The van der Waals surface area contributed by atoms with Gasteiger partial charge in [-0.05, 0) is 38.5 Å². The summed E-state index contributed by atoms with van der Waals surface area (Å²) in [6, 6.07) is 2.53. The lowest BCUT2D eigenvalue weighted by Crippen LogP contribution is -2.47. The van der Waals surface area contributed by atoms with Crippen molar-refractivity contribution in [2.75, 3.05) is 0 Å². The van der Waals surface area contributed by atoms with Crippen molar-refractivity contribution in [2.45, 2.75) is 70.8 Å². The summed E-state index contributed by atoms with van der Waals surface area (Å²) in [4.78, 5) is 12.4. The van der Waals surface area contributed by atoms with Crippen LogP contribution in [-0.2, 0) is 4.79 Å². The van der Waals surface area contributed by atoms with Crippen LogP contribution in [0.2, 0.25) is 0 Å². The molecule has 0 radical (unpaired) electrons. The molecule has 2 saturated carbocycles. The summed E-state index contributed by atoms with van der Waals surface area (Å²) < 4.78 is 0. The highest BCUT2D eigenvalue weighted by Gasteiger charge is 2.40. The molecule has 100 valence electrons. The SMILES string of the molecule is CC(NC(=O)C1(C#N)CCCCC1)C1CCCC1. The molecule has 0 aromatic rings. The van der Waals surface area contributed by atoms with Crippen molar-refractivity contribution >= 4 is 5.91 Å². The molecule has 0 spiro atoms. The van der Waals surface area contributed by atoms with Crippen molar-refractivity contribution < 1.29 is 4.79 Å². The van der Waals surface area contributed by atoms with Crippen LogP contribution in [0.1, 0.15) is 64.7 Å². The molecule has 0 aliphatic heterocycles. The first-order chi connectivity index (χ1) is 8.68. The fourth-order valence-corrected chi connectivity index (χ4v) is 3.47. The molecule has 18 heavy (non-hydrogen) atoms. The number of nitrogens with one attached hydrogen (secondary N) is 1. The summed E-state index contributed by atoms with van der Waals surface area (Å²) in [7, 11) is 0. The highest BCUT2D eigenvalue weighted by Crippen LogP contribution is 2.36. The van der Waals surface area contributed by atoms with E-state index in [1.54, 1.807) is 0 Å². The van der Waals surface area contributed by atoms with Crippen molar-refractivity contribution in [2.24, 2.45) is 11.3 Å². The van der Waals surface area contributed by atoms with Gasteiger partial charge in [0, 0.05) is 6.04 Å². The molecule has 0 bridgehead atoms. The van der Waals surface area contributed by atoms with E-state index in [9.17, 15) is 10.1 Å². The van der Waals surface area contributed by atoms with E-state index in [0.29, 0.717) is 5.92 Å². The number of nitrogens with zero attached hydrogens (tertiary/aromatic N) is 1. The fraction of sp³-hybridized carbons (Fsp3) is 0.867. The summed E-state index contributed by atoms with van der Waals surface area (Å²) in [5.74, 6) is 0.609. The van der Waals surface area contributed by atoms with Gasteiger partial charge in [-0.15, -0.1) is 0 Å². The lowest BCUT2D eigenvalue weighted by atomic mass is 9.74. The Morgan fingerprint density at radius 1 is 1.22 bits per heavy atom. The largest absolute Gasteiger partial charge is 0.352 e. The van der Waals surface area contributed by atoms with Crippen molar-refractivity contribution in [3.05, 3.63) is 0 Å². The van der Waals surface area contributed by atoms with Gasteiger partial charge in [-0.3, -0.25) is 4.79 Å². The standard InChI is InChI=1S/C15H24N2O/c1-12(13-7-3-4-8-13)17-14(18)15(11-16)9-5-2-6-10-15/h12-13H,2-10H2,1H3,(H,17,18). The highest BCUT2D eigenvalue weighted by molar-refractivity contribution is 5.85. The monoisotopic (exact) mass is 248 g/mol. The lowest BCUT2D eigenvalue weighted by Gasteiger charge is -2.31.